The van der Waals surface area contributed by atoms with Gasteiger partial charge in [0.15, 0.2) is 25.0 Å². The predicted octanol–water partition coefficient (Wildman–Crippen LogP) is 0.913. The third kappa shape index (κ3) is 7.70. The van der Waals surface area contributed by atoms with E-state index in [1.165, 1.54) is 12.5 Å². The lowest BCUT2D eigenvalue weighted by Crippen LogP contribution is -2.68. The van der Waals surface area contributed by atoms with Crippen LogP contribution in [0.25, 0.3) is 0 Å². The number of rotatable bonds is 9. The van der Waals surface area contributed by atoms with Gasteiger partial charge in [-0.05, 0) is 97.7 Å². The summed E-state index contributed by atoms with van der Waals surface area (Å²) in [5.74, 6) is -0.928. The van der Waals surface area contributed by atoms with E-state index in [1.54, 1.807) is 0 Å². The number of carboxylic acids is 1. The topological polar surface area (TPSA) is 292 Å². The highest BCUT2D eigenvalue weighted by molar-refractivity contribution is 5.87. The van der Waals surface area contributed by atoms with Gasteiger partial charge in [0.05, 0.1) is 25.4 Å². The molecule has 8 rings (SSSR count). The van der Waals surface area contributed by atoms with Crippen LogP contribution in [0.1, 0.15) is 113 Å². The molecule has 0 radical (unpaired) electrons. The van der Waals surface area contributed by atoms with Gasteiger partial charge < -0.3 is 79.5 Å². The van der Waals surface area contributed by atoms with E-state index in [2.05, 4.69) is 47.6 Å². The second-order valence-corrected chi connectivity index (χ2v) is 23.4. The fourth-order valence-electron chi connectivity index (χ4n) is 14.9. The van der Waals surface area contributed by atoms with Crippen LogP contribution in [-0.2, 0) is 38.0 Å². The first-order valence-electron chi connectivity index (χ1n) is 24.1. The van der Waals surface area contributed by atoms with Gasteiger partial charge in [0.1, 0.15) is 66.8 Å². The number of carboxylic acid groups (broad SMARTS) is 1. The van der Waals surface area contributed by atoms with Crippen LogP contribution in [0.2, 0.25) is 0 Å². The number of allylic oxidation sites excluding steroid dienone is 2. The number of hydrogen-bond acceptors (Lipinski definition) is 17. The second kappa shape index (κ2) is 17.5. The first-order chi connectivity index (χ1) is 30.7. The molecule has 66 heavy (non-hydrogen) atoms. The van der Waals surface area contributed by atoms with Gasteiger partial charge in [0.25, 0.3) is 0 Å². The summed E-state index contributed by atoms with van der Waals surface area (Å²) in [6, 6.07) is 0. The van der Waals surface area contributed by atoms with Crippen molar-refractivity contribution in [1.29, 1.82) is 0 Å². The summed E-state index contributed by atoms with van der Waals surface area (Å²) < 4.78 is 36.2. The van der Waals surface area contributed by atoms with Crippen LogP contribution in [0.4, 0.5) is 0 Å². The SMILES string of the molecule is CC1OC(OC2C(OC3C(OC4CCC5(C)C(CCC6(C)C5CC=C5C7CC(C)(C)CC(=O)C7(C)CCC56C)C4(C)CO)OC(C(=O)O)C(O)C3O)OC(CO)C(O)C2O)C(O)C(O)C1O. The minimum Gasteiger partial charge on any atom is -0.479 e. The van der Waals surface area contributed by atoms with Gasteiger partial charge >= 0.3 is 5.97 Å². The lowest BCUT2D eigenvalue weighted by atomic mass is 9.33. The first-order valence-corrected chi connectivity index (χ1v) is 24.1. The van der Waals surface area contributed by atoms with Crippen LogP contribution in [0.5, 0.6) is 0 Å². The van der Waals surface area contributed by atoms with Crippen LogP contribution in [0.3, 0.4) is 0 Å². The molecule has 0 aromatic carbocycles. The van der Waals surface area contributed by atoms with Crippen molar-refractivity contribution in [3.05, 3.63) is 11.6 Å². The van der Waals surface area contributed by atoms with Crippen LogP contribution >= 0.6 is 0 Å². The number of ketones is 1. The monoisotopic (exact) mass is 941 g/mol. The number of fused-ring (bicyclic) bond motifs is 7. The molecule has 3 heterocycles. The lowest BCUT2D eigenvalue weighted by Gasteiger charge is -2.71. The third-order valence-corrected chi connectivity index (χ3v) is 19.2. The number of Topliss-reactive ketones (excluding diaryl/α,β-unsaturated/α-hetero) is 1. The van der Waals surface area contributed by atoms with Gasteiger partial charge in [-0.1, -0.05) is 60.1 Å². The number of ether oxygens (including phenoxy) is 6. The molecule has 10 N–H and O–H groups in total. The standard InChI is InChI=1S/C48H76O18/c1-21-29(52)31(54)35(58)40(61-21)65-37-32(55)30(53)24(19-49)62-41(37)66-38-34(57)33(56)36(39(59)60)64-42(38)63-28-12-13-45(5)25(46(28,6)20-50)11-14-48(8)26(45)10-9-22-23-17-43(2,3)18-27(51)44(23,4)15-16-47(22,48)7/h9,21,23-26,28-38,40-42,49-50,52-58H,10-20H2,1-8H3,(H,59,60). The van der Waals surface area contributed by atoms with Gasteiger partial charge in [0.2, 0.25) is 0 Å². The minimum absolute atomic E-state index is 0.0830. The van der Waals surface area contributed by atoms with Crippen molar-refractivity contribution in [3.8, 4) is 0 Å². The fraction of sp³-hybridized carbons (Fsp3) is 0.917. The molecule has 0 aromatic rings. The summed E-state index contributed by atoms with van der Waals surface area (Å²) in [6.07, 6.45) is -17.8. The van der Waals surface area contributed by atoms with Crippen molar-refractivity contribution in [3.63, 3.8) is 0 Å². The Morgan fingerprint density at radius 2 is 1.35 bits per heavy atom. The maximum absolute atomic E-state index is 13.8. The predicted molar refractivity (Wildman–Crippen MR) is 230 cm³/mol. The summed E-state index contributed by atoms with van der Waals surface area (Å²) in [6.45, 7) is 16.0. The zero-order chi connectivity index (χ0) is 48.4. The normalized spacial score (nSPS) is 54.8. The Labute approximate surface area is 386 Å². The van der Waals surface area contributed by atoms with Gasteiger partial charge in [-0.3, -0.25) is 4.79 Å². The molecular weight excluding hydrogens is 865 g/mol. The average molecular weight is 941 g/mol. The number of aliphatic hydroxyl groups excluding tert-OH is 9. The fourth-order valence-corrected chi connectivity index (χ4v) is 14.9. The maximum atomic E-state index is 13.8. The van der Waals surface area contributed by atoms with Crippen LogP contribution in [0, 0.1) is 50.2 Å². The molecule has 7 fully saturated rings. The molecule has 18 heteroatoms. The Kier molecular flexibility index (Phi) is 13.5. The Hall–Kier alpha value is -1.72. The van der Waals surface area contributed by atoms with Crippen molar-refractivity contribution in [2.75, 3.05) is 13.2 Å². The van der Waals surface area contributed by atoms with E-state index >= 15 is 0 Å². The molecule has 0 spiro atoms. The number of carbonyl (C=O) groups excluding carboxylic acids is 1. The largest absolute Gasteiger partial charge is 0.479 e. The highest BCUT2D eigenvalue weighted by Crippen LogP contribution is 2.75. The van der Waals surface area contributed by atoms with Crippen molar-refractivity contribution < 1.29 is 89.1 Å². The third-order valence-electron chi connectivity index (χ3n) is 19.2. The summed E-state index contributed by atoms with van der Waals surface area (Å²) in [5, 5.41) is 108. The Balaban J connectivity index is 1.08. The molecule has 18 nitrogen and oxygen atoms in total. The van der Waals surface area contributed by atoms with Crippen LogP contribution < -0.4 is 0 Å². The van der Waals surface area contributed by atoms with Crippen molar-refractivity contribution in [1.82, 2.24) is 0 Å². The van der Waals surface area contributed by atoms with E-state index in [1.807, 2.05) is 6.92 Å². The Morgan fingerprint density at radius 3 is 1.98 bits per heavy atom. The van der Waals surface area contributed by atoms with E-state index in [4.69, 9.17) is 28.4 Å². The van der Waals surface area contributed by atoms with Crippen molar-refractivity contribution in [2.24, 2.45) is 50.2 Å². The molecular formula is C48H76O18. The van der Waals surface area contributed by atoms with Crippen molar-refractivity contribution >= 4 is 11.8 Å². The molecule has 0 amide bonds. The molecule has 8 aliphatic rings. The molecule has 5 aliphatic carbocycles. The molecule has 3 saturated heterocycles. The molecule has 376 valence electrons. The van der Waals surface area contributed by atoms with Crippen LogP contribution in [-0.4, -0.2) is 174 Å². The molecule has 24 atom stereocenters. The molecule has 24 unspecified atom stereocenters. The van der Waals surface area contributed by atoms with E-state index in [9.17, 15) is 60.7 Å². The molecule has 0 bridgehead atoms. The summed E-state index contributed by atoms with van der Waals surface area (Å²) in [5.41, 5.74) is -0.509. The summed E-state index contributed by atoms with van der Waals surface area (Å²) in [4.78, 5) is 26.3. The number of aliphatic carboxylic acids is 1. The van der Waals surface area contributed by atoms with Gasteiger partial charge in [0, 0.05) is 17.3 Å². The van der Waals surface area contributed by atoms with Crippen molar-refractivity contribution in [2.45, 2.75) is 211 Å². The van der Waals surface area contributed by atoms with Gasteiger partial charge in [-0.25, -0.2) is 4.79 Å². The highest BCUT2D eigenvalue weighted by Gasteiger charge is 2.70. The number of hydrogen-bond donors (Lipinski definition) is 10. The Morgan fingerprint density at radius 1 is 0.712 bits per heavy atom. The first kappa shape index (κ1) is 50.7. The summed E-state index contributed by atoms with van der Waals surface area (Å²) >= 11 is 0. The van der Waals surface area contributed by atoms with Gasteiger partial charge in [-0.15, -0.1) is 0 Å². The van der Waals surface area contributed by atoms with E-state index in [0.717, 1.165) is 38.5 Å². The van der Waals surface area contributed by atoms with E-state index < -0.39 is 116 Å². The quantitative estimate of drug-likeness (QED) is 0.114. The molecule has 3 aliphatic heterocycles. The lowest BCUT2D eigenvalue weighted by molar-refractivity contribution is -0.396. The number of carbonyl (C=O) groups is 2. The average Bonchev–Trinajstić information content (AvgIpc) is 3.25. The molecule has 0 aromatic heterocycles. The second-order valence-electron chi connectivity index (χ2n) is 23.4. The molecule has 4 saturated carbocycles. The maximum Gasteiger partial charge on any atom is 0.335 e. The zero-order valence-electron chi connectivity index (χ0n) is 39.6. The minimum atomic E-state index is -2.07. The van der Waals surface area contributed by atoms with Gasteiger partial charge in [-0.2, -0.15) is 0 Å². The zero-order valence-corrected chi connectivity index (χ0v) is 39.6. The smallest absolute Gasteiger partial charge is 0.335 e. The highest BCUT2D eigenvalue weighted by atomic mass is 16.8. The Bertz CT molecular complexity index is 1860. The van der Waals surface area contributed by atoms with E-state index in [-0.39, 0.29) is 51.4 Å². The summed E-state index contributed by atoms with van der Waals surface area (Å²) in [7, 11) is 0. The number of aliphatic hydroxyl groups is 9. The van der Waals surface area contributed by atoms with Crippen LogP contribution in [0.15, 0.2) is 11.6 Å². The van der Waals surface area contributed by atoms with E-state index in [0.29, 0.717) is 25.0 Å².